The van der Waals surface area contributed by atoms with Crippen LogP contribution in [0.3, 0.4) is 0 Å². The van der Waals surface area contributed by atoms with Crippen LogP contribution >= 0.6 is 11.3 Å². The zero-order chi connectivity index (χ0) is 19.1. The molecule has 0 aliphatic carbocycles. The highest BCUT2D eigenvalue weighted by Crippen LogP contribution is 2.38. The second-order valence-corrected chi connectivity index (χ2v) is 7.39. The number of rotatable bonds is 4. The number of amides is 1. The van der Waals surface area contributed by atoms with Crippen LogP contribution in [0.1, 0.15) is 17.0 Å². The van der Waals surface area contributed by atoms with E-state index in [9.17, 15) is 14.0 Å². The summed E-state index contributed by atoms with van der Waals surface area (Å²) in [6, 6.07) is 9.74. The van der Waals surface area contributed by atoms with Crippen LogP contribution < -0.4 is 9.64 Å². The lowest BCUT2D eigenvalue weighted by Gasteiger charge is -2.34. The summed E-state index contributed by atoms with van der Waals surface area (Å²) in [5.41, 5.74) is 2.04. The first kappa shape index (κ1) is 17.4. The number of hydrogen-bond acceptors (Lipinski definition) is 5. The highest BCUT2D eigenvalue weighted by molar-refractivity contribution is 7.18. The van der Waals surface area contributed by atoms with Gasteiger partial charge in [0.1, 0.15) is 16.6 Å². The van der Waals surface area contributed by atoms with Gasteiger partial charge < -0.3 is 9.84 Å². The molecule has 2 heterocycles. The van der Waals surface area contributed by atoms with Crippen molar-refractivity contribution >= 4 is 39.1 Å². The first-order valence-electron chi connectivity index (χ1n) is 8.27. The molecule has 4 rings (SSSR count). The van der Waals surface area contributed by atoms with Crippen LogP contribution in [0.2, 0.25) is 0 Å². The first-order chi connectivity index (χ1) is 12.9. The first-order valence-corrected chi connectivity index (χ1v) is 9.08. The van der Waals surface area contributed by atoms with Crippen molar-refractivity contribution in [1.82, 2.24) is 4.98 Å². The Morgan fingerprint density at radius 1 is 1.37 bits per heavy atom. The van der Waals surface area contributed by atoms with Crippen molar-refractivity contribution < 1.29 is 23.8 Å². The lowest BCUT2D eigenvalue weighted by atomic mass is 10.1. The number of carboxylic acids is 1. The van der Waals surface area contributed by atoms with Gasteiger partial charge in [0, 0.05) is 0 Å². The van der Waals surface area contributed by atoms with E-state index >= 15 is 0 Å². The molecular weight excluding hydrogens is 371 g/mol. The van der Waals surface area contributed by atoms with Gasteiger partial charge in [-0.3, -0.25) is 14.5 Å². The SMILES string of the molecule is Cc1cccc2c1OC(CC(=O)O)C(=O)N2Cc1nc2ccc(F)cc2s1. The summed E-state index contributed by atoms with van der Waals surface area (Å²) in [5, 5.41) is 9.73. The molecule has 0 bridgehead atoms. The molecule has 0 spiro atoms. The Balaban J connectivity index is 1.73. The minimum atomic E-state index is -1.11. The maximum absolute atomic E-state index is 13.4. The third-order valence-electron chi connectivity index (χ3n) is 4.33. The van der Waals surface area contributed by atoms with Gasteiger partial charge in [-0.2, -0.15) is 0 Å². The second kappa shape index (κ2) is 6.62. The number of hydrogen-bond donors (Lipinski definition) is 1. The number of ether oxygens (including phenoxy) is 1. The summed E-state index contributed by atoms with van der Waals surface area (Å²) in [6.45, 7) is 2.00. The van der Waals surface area contributed by atoms with E-state index in [0.29, 0.717) is 26.7 Å². The quantitative estimate of drug-likeness (QED) is 0.742. The Labute approximate surface area is 157 Å². The fourth-order valence-electron chi connectivity index (χ4n) is 3.09. The van der Waals surface area contributed by atoms with Crippen molar-refractivity contribution in [1.29, 1.82) is 0 Å². The van der Waals surface area contributed by atoms with E-state index in [1.54, 1.807) is 12.1 Å². The number of nitrogens with zero attached hydrogens (tertiary/aromatic N) is 2. The van der Waals surface area contributed by atoms with Crippen molar-refractivity contribution in [3.8, 4) is 5.75 Å². The monoisotopic (exact) mass is 386 g/mol. The van der Waals surface area contributed by atoms with E-state index in [4.69, 9.17) is 9.84 Å². The highest BCUT2D eigenvalue weighted by atomic mass is 32.1. The minimum Gasteiger partial charge on any atom is -0.481 e. The van der Waals surface area contributed by atoms with Gasteiger partial charge in [0.2, 0.25) is 0 Å². The molecule has 1 aromatic heterocycles. The maximum atomic E-state index is 13.4. The van der Waals surface area contributed by atoms with Gasteiger partial charge in [-0.15, -0.1) is 11.3 Å². The number of carboxylic acid groups (broad SMARTS) is 1. The van der Waals surface area contributed by atoms with Gasteiger partial charge >= 0.3 is 5.97 Å². The maximum Gasteiger partial charge on any atom is 0.307 e. The largest absolute Gasteiger partial charge is 0.481 e. The molecule has 138 valence electrons. The van der Waals surface area contributed by atoms with E-state index in [1.807, 2.05) is 19.1 Å². The number of carbonyl (C=O) groups is 2. The number of benzene rings is 2. The van der Waals surface area contributed by atoms with Gasteiger partial charge in [0.15, 0.2) is 6.10 Å². The summed E-state index contributed by atoms with van der Waals surface area (Å²) in [5.74, 6) is -1.39. The lowest BCUT2D eigenvalue weighted by molar-refractivity contribution is -0.142. The fourth-order valence-corrected chi connectivity index (χ4v) is 4.07. The van der Waals surface area contributed by atoms with Crippen LogP contribution in [-0.4, -0.2) is 28.1 Å². The summed E-state index contributed by atoms with van der Waals surface area (Å²) in [6.07, 6.45) is -1.52. The molecule has 0 fully saturated rings. The number of anilines is 1. The topological polar surface area (TPSA) is 79.7 Å². The van der Waals surface area contributed by atoms with Crippen molar-refractivity contribution in [2.24, 2.45) is 0 Å². The van der Waals surface area contributed by atoms with Gasteiger partial charge in [-0.05, 0) is 36.8 Å². The molecule has 1 unspecified atom stereocenters. The normalized spacial score (nSPS) is 16.3. The van der Waals surface area contributed by atoms with Gasteiger partial charge in [-0.1, -0.05) is 12.1 Å². The molecule has 8 heteroatoms. The molecule has 1 aliphatic heterocycles. The average Bonchev–Trinajstić information content (AvgIpc) is 3.00. The van der Waals surface area contributed by atoms with Gasteiger partial charge in [-0.25, -0.2) is 9.37 Å². The highest BCUT2D eigenvalue weighted by Gasteiger charge is 2.37. The molecule has 1 amide bonds. The van der Waals surface area contributed by atoms with E-state index in [1.165, 1.54) is 28.4 Å². The van der Waals surface area contributed by atoms with E-state index in [2.05, 4.69) is 4.98 Å². The molecule has 0 saturated carbocycles. The minimum absolute atomic E-state index is 0.162. The van der Waals surface area contributed by atoms with Crippen LogP contribution in [0.15, 0.2) is 36.4 Å². The van der Waals surface area contributed by atoms with E-state index < -0.39 is 24.4 Å². The molecule has 1 N–H and O–H groups in total. The number of thiazole rings is 1. The molecule has 1 atom stereocenters. The Bertz CT molecular complexity index is 1070. The zero-order valence-corrected chi connectivity index (χ0v) is 15.1. The third-order valence-corrected chi connectivity index (χ3v) is 5.33. The summed E-state index contributed by atoms with van der Waals surface area (Å²) < 4.78 is 19.8. The average molecular weight is 386 g/mol. The number of halogens is 1. The van der Waals surface area contributed by atoms with Crippen LogP contribution in [0.5, 0.6) is 5.75 Å². The predicted octanol–water partition coefficient (Wildman–Crippen LogP) is 3.51. The lowest BCUT2D eigenvalue weighted by Crippen LogP contribution is -2.46. The van der Waals surface area contributed by atoms with Gasteiger partial charge in [0.05, 0.1) is 28.9 Å². The second-order valence-electron chi connectivity index (χ2n) is 6.27. The molecule has 6 nitrogen and oxygen atoms in total. The number of carbonyl (C=O) groups excluding carboxylic acids is 1. The Morgan fingerprint density at radius 3 is 2.96 bits per heavy atom. The van der Waals surface area contributed by atoms with Crippen LogP contribution in [-0.2, 0) is 16.1 Å². The van der Waals surface area contributed by atoms with E-state index in [0.717, 1.165) is 5.56 Å². The molecule has 1 aliphatic rings. The van der Waals surface area contributed by atoms with Crippen LogP contribution in [0.25, 0.3) is 10.2 Å². The number of aliphatic carboxylic acids is 1. The van der Waals surface area contributed by atoms with Crippen molar-refractivity contribution in [3.63, 3.8) is 0 Å². The molecule has 27 heavy (non-hydrogen) atoms. The van der Waals surface area contributed by atoms with Crippen LogP contribution in [0.4, 0.5) is 10.1 Å². The molecule has 0 saturated heterocycles. The van der Waals surface area contributed by atoms with Crippen molar-refractivity contribution in [2.45, 2.75) is 26.0 Å². The summed E-state index contributed by atoms with van der Waals surface area (Å²) >= 11 is 1.30. The zero-order valence-electron chi connectivity index (χ0n) is 14.3. The molecule has 2 aromatic carbocycles. The Kier molecular flexibility index (Phi) is 4.27. The Morgan fingerprint density at radius 2 is 2.19 bits per heavy atom. The van der Waals surface area contributed by atoms with Crippen molar-refractivity contribution in [3.05, 3.63) is 52.8 Å². The fraction of sp³-hybridized carbons (Fsp3) is 0.211. The predicted molar refractivity (Wildman–Crippen MR) is 98.6 cm³/mol. The number of aryl methyl sites for hydroxylation is 1. The molecule has 3 aromatic rings. The Hall–Kier alpha value is -3.00. The molecular formula is C19H15FN2O4S. The number of aromatic nitrogens is 1. The number of fused-ring (bicyclic) bond motifs is 2. The standard InChI is InChI=1S/C19H15FN2O4S/c1-10-3-2-4-13-18(10)26-14(8-17(23)24)19(25)22(13)9-16-21-12-6-5-11(20)7-15(12)27-16/h2-7,14H,8-9H2,1H3,(H,23,24). The molecule has 0 radical (unpaired) electrons. The third kappa shape index (κ3) is 3.23. The van der Waals surface area contributed by atoms with Gasteiger partial charge in [0.25, 0.3) is 5.91 Å². The smallest absolute Gasteiger partial charge is 0.307 e. The summed E-state index contributed by atoms with van der Waals surface area (Å²) in [7, 11) is 0. The van der Waals surface area contributed by atoms with E-state index in [-0.39, 0.29) is 12.4 Å². The number of para-hydroxylation sites is 1. The van der Waals surface area contributed by atoms with Crippen LogP contribution in [0, 0.1) is 12.7 Å². The van der Waals surface area contributed by atoms with Crippen molar-refractivity contribution in [2.75, 3.05) is 4.90 Å². The summed E-state index contributed by atoms with van der Waals surface area (Å²) in [4.78, 5) is 29.9.